The zero-order chi connectivity index (χ0) is 20.4. The maximum Gasteiger partial charge on any atom is 0.233 e. The molecular weight excluding hydrogens is 402 g/mol. The van der Waals surface area contributed by atoms with Gasteiger partial charge in [-0.15, -0.1) is 11.3 Å². The van der Waals surface area contributed by atoms with Gasteiger partial charge in [0.1, 0.15) is 21.9 Å². The van der Waals surface area contributed by atoms with Crippen LogP contribution < -0.4 is 4.74 Å². The van der Waals surface area contributed by atoms with E-state index in [1.807, 2.05) is 24.0 Å². The monoisotopic (exact) mass is 427 g/mol. The molecule has 1 saturated heterocycles. The summed E-state index contributed by atoms with van der Waals surface area (Å²) in [7, 11) is 0. The van der Waals surface area contributed by atoms with Gasteiger partial charge >= 0.3 is 0 Å². The maximum atomic E-state index is 13.0. The van der Waals surface area contributed by atoms with E-state index >= 15 is 0 Å². The fourth-order valence-corrected chi connectivity index (χ4v) is 5.84. The number of fused-ring (bicyclic) bond motifs is 1. The molecule has 1 atom stereocenters. The maximum absolute atomic E-state index is 13.0. The topological polar surface area (TPSA) is 55.3 Å². The molecule has 7 heteroatoms. The van der Waals surface area contributed by atoms with E-state index in [0.717, 1.165) is 40.4 Å². The number of hydrogen-bond acceptors (Lipinski definition) is 6. The molecule has 3 heterocycles. The molecule has 1 aromatic carbocycles. The molecule has 0 aliphatic carbocycles. The van der Waals surface area contributed by atoms with Crippen molar-refractivity contribution in [2.75, 3.05) is 18.9 Å². The summed E-state index contributed by atoms with van der Waals surface area (Å²) in [4.78, 5) is 26.2. The van der Waals surface area contributed by atoms with Crippen LogP contribution in [-0.2, 0) is 4.79 Å². The molecule has 29 heavy (non-hydrogen) atoms. The van der Waals surface area contributed by atoms with Crippen molar-refractivity contribution in [3.8, 4) is 5.75 Å². The second kappa shape index (κ2) is 8.71. The first-order chi connectivity index (χ1) is 14.1. The average Bonchev–Trinajstić information content (AvgIpc) is 3.32. The van der Waals surface area contributed by atoms with E-state index in [4.69, 9.17) is 4.74 Å². The van der Waals surface area contributed by atoms with Gasteiger partial charge in [-0.1, -0.05) is 23.9 Å². The number of likely N-dealkylation sites (tertiary alicyclic amines) is 1. The van der Waals surface area contributed by atoms with Crippen molar-refractivity contribution in [2.24, 2.45) is 0 Å². The fraction of sp³-hybridized carbons (Fsp3) is 0.409. The zero-order valence-electron chi connectivity index (χ0n) is 17.0. The Balaban J connectivity index is 1.47. The number of benzene rings is 1. The van der Waals surface area contributed by atoms with E-state index < -0.39 is 0 Å². The third-order valence-electron chi connectivity index (χ3n) is 5.41. The third kappa shape index (κ3) is 4.12. The molecule has 0 radical (unpaired) electrons. The van der Waals surface area contributed by atoms with Crippen LogP contribution in [0.5, 0.6) is 5.75 Å². The van der Waals surface area contributed by atoms with Crippen LogP contribution in [0.4, 0.5) is 0 Å². The van der Waals surface area contributed by atoms with Crippen molar-refractivity contribution in [1.82, 2.24) is 14.9 Å². The van der Waals surface area contributed by atoms with Gasteiger partial charge in [0.05, 0.1) is 18.4 Å². The van der Waals surface area contributed by atoms with Gasteiger partial charge in [-0.25, -0.2) is 9.97 Å². The van der Waals surface area contributed by atoms with Gasteiger partial charge in [0.25, 0.3) is 0 Å². The van der Waals surface area contributed by atoms with Crippen LogP contribution in [0.1, 0.15) is 41.8 Å². The normalized spacial score (nSPS) is 16.5. The van der Waals surface area contributed by atoms with Gasteiger partial charge in [-0.05, 0) is 56.9 Å². The highest BCUT2D eigenvalue weighted by Gasteiger charge is 2.30. The molecule has 5 nitrogen and oxygen atoms in total. The predicted octanol–water partition coefficient (Wildman–Crippen LogP) is 5.16. The first-order valence-corrected chi connectivity index (χ1v) is 11.7. The molecule has 1 unspecified atom stereocenters. The zero-order valence-corrected chi connectivity index (χ0v) is 18.6. The lowest BCUT2D eigenvalue weighted by Crippen LogP contribution is -2.32. The molecule has 1 fully saturated rings. The highest BCUT2D eigenvalue weighted by molar-refractivity contribution is 8.00. The predicted molar refractivity (Wildman–Crippen MR) is 119 cm³/mol. The van der Waals surface area contributed by atoms with Gasteiger partial charge in [-0.3, -0.25) is 4.79 Å². The van der Waals surface area contributed by atoms with Crippen molar-refractivity contribution in [2.45, 2.75) is 44.7 Å². The molecule has 152 valence electrons. The van der Waals surface area contributed by atoms with Crippen molar-refractivity contribution in [1.29, 1.82) is 0 Å². The van der Waals surface area contributed by atoms with E-state index in [-0.39, 0.29) is 11.9 Å². The van der Waals surface area contributed by atoms with Gasteiger partial charge < -0.3 is 9.64 Å². The number of thiophene rings is 1. The standard InChI is InChI=1S/C22H25N3O2S2/c1-4-27-17-9-7-16(8-10-17)18-6-5-11-25(18)19(26)12-28-21-20-14(2)15(3)29-22(20)24-13-23-21/h7-10,13,18H,4-6,11-12H2,1-3H3. The molecular formula is C22H25N3O2S2. The Kier molecular flexibility index (Phi) is 6.06. The first-order valence-electron chi connectivity index (χ1n) is 9.94. The van der Waals surface area contributed by atoms with Crippen LogP contribution in [0.15, 0.2) is 35.6 Å². The molecule has 0 saturated carbocycles. The molecule has 2 aromatic heterocycles. The second-order valence-electron chi connectivity index (χ2n) is 7.18. The third-order valence-corrected chi connectivity index (χ3v) is 7.50. The summed E-state index contributed by atoms with van der Waals surface area (Å²) in [6, 6.07) is 8.30. The van der Waals surface area contributed by atoms with Crippen LogP contribution in [-0.4, -0.2) is 39.7 Å². The van der Waals surface area contributed by atoms with Crippen LogP contribution >= 0.6 is 23.1 Å². The molecule has 1 aliphatic rings. The van der Waals surface area contributed by atoms with Gasteiger partial charge in [0.2, 0.25) is 5.91 Å². The van der Waals surface area contributed by atoms with Crippen LogP contribution in [0.3, 0.4) is 0 Å². The number of ether oxygens (including phenoxy) is 1. The first kappa shape index (κ1) is 20.2. The number of carbonyl (C=O) groups is 1. The summed E-state index contributed by atoms with van der Waals surface area (Å²) < 4.78 is 5.54. The van der Waals surface area contributed by atoms with E-state index in [2.05, 4.69) is 35.9 Å². The van der Waals surface area contributed by atoms with Crippen LogP contribution in [0.25, 0.3) is 10.2 Å². The summed E-state index contributed by atoms with van der Waals surface area (Å²) in [5, 5.41) is 2.00. The largest absolute Gasteiger partial charge is 0.494 e. The lowest BCUT2D eigenvalue weighted by molar-refractivity contribution is -0.129. The van der Waals surface area contributed by atoms with E-state index in [9.17, 15) is 4.79 Å². The SMILES string of the molecule is CCOc1ccc(C2CCCN2C(=O)CSc2ncnc3sc(C)c(C)c23)cc1. The number of aromatic nitrogens is 2. The molecule has 3 aromatic rings. The number of nitrogens with zero attached hydrogens (tertiary/aromatic N) is 3. The number of aryl methyl sites for hydroxylation is 2. The summed E-state index contributed by atoms with van der Waals surface area (Å²) in [6.45, 7) is 7.66. The van der Waals surface area contributed by atoms with Crippen molar-refractivity contribution in [3.05, 3.63) is 46.6 Å². The van der Waals surface area contributed by atoms with Crippen LogP contribution in [0, 0.1) is 13.8 Å². The van der Waals surface area contributed by atoms with Gasteiger partial charge in [0.15, 0.2) is 0 Å². The number of amides is 1. The quantitative estimate of drug-likeness (QED) is 0.402. The smallest absolute Gasteiger partial charge is 0.233 e. The number of hydrogen-bond donors (Lipinski definition) is 0. The highest BCUT2D eigenvalue weighted by Crippen LogP contribution is 2.36. The van der Waals surface area contributed by atoms with Crippen molar-refractivity contribution in [3.63, 3.8) is 0 Å². The Bertz CT molecular complexity index is 1020. The minimum Gasteiger partial charge on any atom is -0.494 e. The molecule has 0 bridgehead atoms. The molecule has 1 amide bonds. The van der Waals surface area contributed by atoms with Crippen molar-refractivity contribution >= 4 is 39.2 Å². The lowest BCUT2D eigenvalue weighted by atomic mass is 10.0. The summed E-state index contributed by atoms with van der Waals surface area (Å²) in [5.74, 6) is 1.44. The van der Waals surface area contributed by atoms with Crippen LogP contribution in [0.2, 0.25) is 0 Å². The van der Waals surface area contributed by atoms with E-state index in [0.29, 0.717) is 12.4 Å². The van der Waals surface area contributed by atoms with Crippen molar-refractivity contribution < 1.29 is 9.53 Å². The Hall–Kier alpha value is -2.12. The minimum atomic E-state index is 0.148. The minimum absolute atomic E-state index is 0.148. The fourth-order valence-electron chi connectivity index (χ4n) is 3.84. The Morgan fingerprint density at radius 1 is 1.28 bits per heavy atom. The highest BCUT2D eigenvalue weighted by atomic mass is 32.2. The number of carbonyl (C=O) groups excluding carboxylic acids is 1. The molecule has 1 aliphatic heterocycles. The lowest BCUT2D eigenvalue weighted by Gasteiger charge is -2.25. The molecule has 0 N–H and O–H groups in total. The Morgan fingerprint density at radius 3 is 2.83 bits per heavy atom. The van der Waals surface area contributed by atoms with Gasteiger partial charge in [0, 0.05) is 16.8 Å². The second-order valence-corrected chi connectivity index (χ2v) is 9.35. The summed E-state index contributed by atoms with van der Waals surface area (Å²) in [6.07, 6.45) is 3.64. The number of rotatable bonds is 6. The Labute approximate surface area is 179 Å². The Morgan fingerprint density at radius 2 is 2.07 bits per heavy atom. The summed E-state index contributed by atoms with van der Waals surface area (Å²) in [5.41, 5.74) is 2.40. The van der Waals surface area contributed by atoms with E-state index in [1.54, 1.807) is 17.7 Å². The average molecular weight is 428 g/mol. The summed E-state index contributed by atoms with van der Waals surface area (Å²) >= 11 is 3.21. The molecule has 0 spiro atoms. The molecule has 4 rings (SSSR count). The van der Waals surface area contributed by atoms with Gasteiger partial charge in [-0.2, -0.15) is 0 Å². The number of thioether (sulfide) groups is 1. The van der Waals surface area contributed by atoms with E-state index in [1.165, 1.54) is 27.8 Å².